The van der Waals surface area contributed by atoms with Crippen LogP contribution in [0.5, 0.6) is 5.75 Å². The predicted molar refractivity (Wildman–Crippen MR) is 92.4 cm³/mol. The van der Waals surface area contributed by atoms with Gasteiger partial charge < -0.3 is 13.9 Å². The minimum atomic E-state index is -0.518. The van der Waals surface area contributed by atoms with Crippen molar-refractivity contribution in [2.24, 2.45) is 0 Å². The monoisotopic (exact) mass is 342 g/mol. The fourth-order valence-electron chi connectivity index (χ4n) is 3.28. The highest BCUT2D eigenvalue weighted by Gasteiger charge is 2.34. The molecular formula is C20H22O5. The molecule has 2 aromatic rings. The maximum absolute atomic E-state index is 12.6. The second-order valence-corrected chi connectivity index (χ2v) is 6.61. The third-order valence-corrected chi connectivity index (χ3v) is 4.48. The first-order valence-corrected chi connectivity index (χ1v) is 8.41. The lowest BCUT2D eigenvalue weighted by Gasteiger charge is -2.21. The molecule has 1 atom stereocenters. The molecule has 0 spiro atoms. The van der Waals surface area contributed by atoms with Crippen LogP contribution in [0.1, 0.15) is 64.0 Å². The molecule has 0 fully saturated rings. The molecule has 5 nitrogen and oxygen atoms in total. The Labute approximate surface area is 146 Å². The second kappa shape index (κ2) is 6.75. The molecule has 132 valence electrons. The molecule has 0 bridgehead atoms. The summed E-state index contributed by atoms with van der Waals surface area (Å²) >= 11 is 0. The lowest BCUT2D eigenvalue weighted by molar-refractivity contribution is 0.0338. The summed E-state index contributed by atoms with van der Waals surface area (Å²) in [5.41, 5.74) is 2.18. The average Bonchev–Trinajstić information content (AvgIpc) is 2.91. The Balaban J connectivity index is 1.89. The number of ketones is 1. The Morgan fingerprint density at radius 1 is 1.20 bits per heavy atom. The number of methoxy groups -OCH3 is 1. The molecule has 1 aromatic heterocycles. The zero-order chi connectivity index (χ0) is 18.1. The first kappa shape index (κ1) is 17.3. The lowest BCUT2D eigenvalue weighted by Crippen LogP contribution is -2.18. The van der Waals surface area contributed by atoms with Crippen molar-refractivity contribution in [2.75, 3.05) is 7.11 Å². The van der Waals surface area contributed by atoms with Crippen LogP contribution >= 0.6 is 0 Å². The van der Waals surface area contributed by atoms with Gasteiger partial charge in [0.05, 0.1) is 18.8 Å². The maximum Gasteiger partial charge on any atom is 0.374 e. The first-order valence-electron chi connectivity index (χ1n) is 8.41. The van der Waals surface area contributed by atoms with E-state index in [-0.39, 0.29) is 23.6 Å². The lowest BCUT2D eigenvalue weighted by atomic mass is 9.82. The zero-order valence-electron chi connectivity index (χ0n) is 14.9. The molecule has 0 amide bonds. The van der Waals surface area contributed by atoms with Gasteiger partial charge in [0.1, 0.15) is 11.5 Å². The van der Waals surface area contributed by atoms with Crippen molar-refractivity contribution in [1.29, 1.82) is 0 Å². The van der Waals surface area contributed by atoms with Crippen molar-refractivity contribution in [2.45, 2.75) is 45.6 Å². The minimum absolute atomic E-state index is 0.00640. The number of Topliss-reactive ketones (excluding diaryl/α,β-unsaturated/α-hetero) is 1. The van der Waals surface area contributed by atoms with Gasteiger partial charge in [-0.3, -0.25) is 4.79 Å². The van der Waals surface area contributed by atoms with Gasteiger partial charge in [0.2, 0.25) is 5.76 Å². The largest absolute Gasteiger partial charge is 0.497 e. The summed E-state index contributed by atoms with van der Waals surface area (Å²) in [5, 5.41) is 0. The molecule has 1 aliphatic rings. The molecule has 0 aliphatic heterocycles. The fourth-order valence-corrected chi connectivity index (χ4v) is 3.28. The molecule has 0 saturated carbocycles. The molecule has 1 heterocycles. The van der Waals surface area contributed by atoms with Gasteiger partial charge in [0, 0.05) is 18.4 Å². The summed E-state index contributed by atoms with van der Waals surface area (Å²) in [6.45, 7) is 5.30. The Morgan fingerprint density at radius 3 is 2.48 bits per heavy atom. The summed E-state index contributed by atoms with van der Waals surface area (Å²) in [6, 6.07) is 7.69. The number of carbonyl (C=O) groups excluding carboxylic acids is 2. The molecule has 25 heavy (non-hydrogen) atoms. The van der Waals surface area contributed by atoms with E-state index in [2.05, 4.69) is 0 Å². The minimum Gasteiger partial charge on any atom is -0.497 e. The second-order valence-electron chi connectivity index (χ2n) is 6.61. The van der Waals surface area contributed by atoms with E-state index in [4.69, 9.17) is 13.9 Å². The highest BCUT2D eigenvalue weighted by molar-refractivity contribution is 6.03. The normalized spacial score (nSPS) is 16.7. The van der Waals surface area contributed by atoms with E-state index in [1.165, 1.54) is 0 Å². The van der Waals surface area contributed by atoms with E-state index in [1.807, 2.05) is 24.3 Å². The van der Waals surface area contributed by atoms with Crippen molar-refractivity contribution in [3.05, 3.63) is 52.5 Å². The van der Waals surface area contributed by atoms with Crippen LogP contribution in [0.3, 0.4) is 0 Å². The first-order chi connectivity index (χ1) is 11.9. The SMILES string of the molecule is COc1ccc(C2CC(=O)c3c(oc(C(=O)OC(C)C)c3C)C2)cc1. The van der Waals surface area contributed by atoms with E-state index in [0.29, 0.717) is 29.7 Å². The smallest absolute Gasteiger partial charge is 0.374 e. The van der Waals surface area contributed by atoms with Gasteiger partial charge in [-0.2, -0.15) is 0 Å². The van der Waals surface area contributed by atoms with Crippen LogP contribution in [-0.4, -0.2) is 25.0 Å². The van der Waals surface area contributed by atoms with E-state index in [9.17, 15) is 9.59 Å². The molecule has 3 rings (SSSR count). The molecular weight excluding hydrogens is 320 g/mol. The number of hydrogen-bond donors (Lipinski definition) is 0. The molecule has 0 radical (unpaired) electrons. The molecule has 1 aromatic carbocycles. The van der Waals surface area contributed by atoms with Crippen molar-refractivity contribution in [3.8, 4) is 5.75 Å². The molecule has 1 aliphatic carbocycles. The zero-order valence-corrected chi connectivity index (χ0v) is 14.9. The van der Waals surface area contributed by atoms with E-state index in [1.54, 1.807) is 27.9 Å². The predicted octanol–water partition coefficient (Wildman–Crippen LogP) is 4.07. The number of ether oxygens (including phenoxy) is 2. The van der Waals surface area contributed by atoms with Gasteiger partial charge in [-0.25, -0.2) is 4.79 Å². The van der Waals surface area contributed by atoms with Gasteiger partial charge in [-0.05, 0) is 44.4 Å². The topological polar surface area (TPSA) is 65.7 Å². The Kier molecular flexibility index (Phi) is 4.66. The van der Waals surface area contributed by atoms with Crippen LogP contribution in [0.15, 0.2) is 28.7 Å². The highest BCUT2D eigenvalue weighted by Crippen LogP contribution is 2.37. The van der Waals surface area contributed by atoms with E-state index >= 15 is 0 Å². The average molecular weight is 342 g/mol. The number of rotatable bonds is 4. The van der Waals surface area contributed by atoms with Crippen LogP contribution in [0.25, 0.3) is 0 Å². The quantitative estimate of drug-likeness (QED) is 0.784. The van der Waals surface area contributed by atoms with E-state index < -0.39 is 5.97 Å². The van der Waals surface area contributed by atoms with Crippen LogP contribution in [-0.2, 0) is 11.2 Å². The van der Waals surface area contributed by atoms with Gasteiger partial charge >= 0.3 is 5.97 Å². The number of furan rings is 1. The Bertz CT molecular complexity index is 798. The Morgan fingerprint density at radius 2 is 1.88 bits per heavy atom. The van der Waals surface area contributed by atoms with Crippen molar-refractivity contribution in [1.82, 2.24) is 0 Å². The fraction of sp³-hybridized carbons (Fsp3) is 0.400. The third kappa shape index (κ3) is 3.31. The van der Waals surface area contributed by atoms with Crippen molar-refractivity contribution in [3.63, 3.8) is 0 Å². The summed E-state index contributed by atoms with van der Waals surface area (Å²) in [5.74, 6) is 1.01. The van der Waals surface area contributed by atoms with Gasteiger partial charge in [-0.1, -0.05) is 12.1 Å². The van der Waals surface area contributed by atoms with E-state index in [0.717, 1.165) is 11.3 Å². The molecule has 0 saturated heterocycles. The molecule has 1 unspecified atom stereocenters. The number of fused-ring (bicyclic) bond motifs is 1. The summed E-state index contributed by atoms with van der Waals surface area (Å²) in [7, 11) is 1.62. The molecule has 5 heteroatoms. The van der Waals surface area contributed by atoms with Crippen molar-refractivity contribution >= 4 is 11.8 Å². The number of hydrogen-bond acceptors (Lipinski definition) is 5. The maximum atomic E-state index is 12.6. The molecule has 0 N–H and O–H groups in total. The number of benzene rings is 1. The van der Waals surface area contributed by atoms with Crippen LogP contribution in [0, 0.1) is 6.92 Å². The van der Waals surface area contributed by atoms with Gasteiger partial charge in [0.25, 0.3) is 0 Å². The highest BCUT2D eigenvalue weighted by atomic mass is 16.6. The van der Waals surface area contributed by atoms with Crippen LogP contribution in [0.4, 0.5) is 0 Å². The Hall–Kier alpha value is -2.56. The van der Waals surface area contributed by atoms with Crippen molar-refractivity contribution < 1.29 is 23.5 Å². The number of carbonyl (C=O) groups is 2. The van der Waals surface area contributed by atoms with Crippen LogP contribution < -0.4 is 4.74 Å². The standard InChI is InChI=1S/C20H22O5/c1-11(2)24-20(22)19-12(3)18-16(21)9-14(10-17(18)25-19)13-5-7-15(23-4)8-6-13/h5-8,11,14H,9-10H2,1-4H3. The summed E-state index contributed by atoms with van der Waals surface area (Å²) in [6.07, 6.45) is 0.749. The van der Waals surface area contributed by atoms with Gasteiger partial charge in [0.15, 0.2) is 5.78 Å². The van der Waals surface area contributed by atoms with Gasteiger partial charge in [-0.15, -0.1) is 0 Å². The third-order valence-electron chi connectivity index (χ3n) is 4.48. The summed E-state index contributed by atoms with van der Waals surface area (Å²) < 4.78 is 16.1. The van der Waals surface area contributed by atoms with Crippen LogP contribution in [0.2, 0.25) is 0 Å². The number of esters is 1. The summed E-state index contributed by atoms with van der Waals surface area (Å²) in [4.78, 5) is 24.8.